The number of benzene rings is 1. The number of aromatic amines is 1. The second-order valence-corrected chi connectivity index (χ2v) is 4.83. The van der Waals surface area contributed by atoms with E-state index in [2.05, 4.69) is 35.1 Å². The third-order valence-electron chi connectivity index (χ3n) is 3.50. The highest BCUT2D eigenvalue weighted by Crippen LogP contribution is 2.37. The molecule has 1 atom stereocenters. The Morgan fingerprint density at radius 3 is 3.00 bits per heavy atom. The number of nitrogens with zero attached hydrogens (tertiary/aromatic N) is 1. The Hall–Kier alpha value is -1.90. The standard InChI is InChI=1S/C15H16N2O/c1-2-5-11-9-14(18)17-15(16-11)13-8-10-6-3-4-7-12(10)13/h3-4,6-7,9,13H,2,5,8H2,1H3,(H,16,17,18). The zero-order chi connectivity index (χ0) is 12.5. The van der Waals surface area contributed by atoms with Crippen LogP contribution in [-0.4, -0.2) is 9.97 Å². The van der Waals surface area contributed by atoms with Gasteiger partial charge < -0.3 is 4.98 Å². The number of rotatable bonds is 3. The molecule has 0 saturated carbocycles. The number of fused-ring (bicyclic) bond motifs is 1. The fourth-order valence-electron chi connectivity index (χ4n) is 2.58. The summed E-state index contributed by atoms with van der Waals surface area (Å²) in [7, 11) is 0. The first-order valence-electron chi connectivity index (χ1n) is 6.46. The number of nitrogens with one attached hydrogen (secondary N) is 1. The summed E-state index contributed by atoms with van der Waals surface area (Å²) in [6.07, 6.45) is 2.86. The first kappa shape index (κ1) is 11.2. The number of hydrogen-bond acceptors (Lipinski definition) is 2. The predicted octanol–water partition coefficient (Wildman–Crippen LogP) is 2.41. The van der Waals surface area contributed by atoms with Crippen molar-refractivity contribution in [1.82, 2.24) is 9.97 Å². The number of aromatic nitrogens is 2. The van der Waals surface area contributed by atoms with Crippen molar-refractivity contribution in [3.05, 3.63) is 63.3 Å². The molecule has 3 heteroatoms. The number of aryl methyl sites for hydroxylation is 1. The molecule has 0 radical (unpaired) electrons. The maximum absolute atomic E-state index is 11.6. The molecule has 1 heterocycles. The maximum Gasteiger partial charge on any atom is 0.251 e. The average Bonchev–Trinajstić information content (AvgIpc) is 2.30. The fourth-order valence-corrected chi connectivity index (χ4v) is 2.58. The van der Waals surface area contributed by atoms with Crippen molar-refractivity contribution in [2.45, 2.75) is 32.1 Å². The highest BCUT2D eigenvalue weighted by atomic mass is 16.1. The van der Waals surface area contributed by atoms with Crippen LogP contribution in [0.4, 0.5) is 0 Å². The summed E-state index contributed by atoms with van der Waals surface area (Å²) < 4.78 is 0. The largest absolute Gasteiger partial charge is 0.310 e. The zero-order valence-electron chi connectivity index (χ0n) is 10.4. The third-order valence-corrected chi connectivity index (χ3v) is 3.50. The van der Waals surface area contributed by atoms with E-state index >= 15 is 0 Å². The Morgan fingerprint density at radius 1 is 1.39 bits per heavy atom. The van der Waals surface area contributed by atoms with Crippen LogP contribution in [0.3, 0.4) is 0 Å². The molecule has 2 aromatic rings. The molecule has 1 unspecified atom stereocenters. The molecular formula is C15H16N2O. The van der Waals surface area contributed by atoms with Gasteiger partial charge in [0.25, 0.3) is 5.56 Å². The van der Waals surface area contributed by atoms with E-state index in [9.17, 15) is 4.79 Å². The van der Waals surface area contributed by atoms with Gasteiger partial charge in [0.1, 0.15) is 5.82 Å². The second-order valence-electron chi connectivity index (χ2n) is 4.83. The molecule has 1 aromatic heterocycles. The van der Waals surface area contributed by atoms with Crippen LogP contribution in [-0.2, 0) is 12.8 Å². The highest BCUT2D eigenvalue weighted by molar-refractivity contribution is 5.43. The van der Waals surface area contributed by atoms with Crippen molar-refractivity contribution in [1.29, 1.82) is 0 Å². The highest BCUT2D eigenvalue weighted by Gasteiger charge is 2.28. The Kier molecular flexibility index (Phi) is 2.74. The van der Waals surface area contributed by atoms with E-state index in [1.807, 2.05) is 6.07 Å². The Bertz CT molecular complexity index is 630. The molecule has 0 fully saturated rings. The van der Waals surface area contributed by atoms with Gasteiger partial charge in [-0.15, -0.1) is 0 Å². The van der Waals surface area contributed by atoms with Crippen LogP contribution in [0.15, 0.2) is 35.1 Å². The maximum atomic E-state index is 11.6. The number of hydrogen-bond donors (Lipinski definition) is 1. The van der Waals surface area contributed by atoms with Gasteiger partial charge in [0.15, 0.2) is 0 Å². The van der Waals surface area contributed by atoms with Gasteiger partial charge in [-0.05, 0) is 24.0 Å². The summed E-state index contributed by atoms with van der Waals surface area (Å²) in [5, 5.41) is 0. The van der Waals surface area contributed by atoms with Crippen LogP contribution >= 0.6 is 0 Å². The van der Waals surface area contributed by atoms with E-state index in [0.717, 1.165) is 30.8 Å². The first-order chi connectivity index (χ1) is 8.78. The molecule has 1 aromatic carbocycles. The van der Waals surface area contributed by atoms with Crippen LogP contribution in [0.1, 0.15) is 41.9 Å². The quantitative estimate of drug-likeness (QED) is 0.895. The number of H-pyrrole nitrogens is 1. The van der Waals surface area contributed by atoms with Gasteiger partial charge in [0.05, 0.1) is 0 Å². The Balaban J connectivity index is 1.97. The lowest BCUT2D eigenvalue weighted by atomic mass is 9.77. The van der Waals surface area contributed by atoms with Crippen molar-refractivity contribution >= 4 is 0 Å². The fraction of sp³-hybridized carbons (Fsp3) is 0.333. The van der Waals surface area contributed by atoms with Crippen LogP contribution in [0.25, 0.3) is 0 Å². The SMILES string of the molecule is CCCc1cc(=O)[nH]c(C2Cc3ccccc32)n1. The molecule has 0 aliphatic heterocycles. The molecule has 0 amide bonds. The van der Waals surface area contributed by atoms with Gasteiger partial charge in [0.2, 0.25) is 0 Å². The van der Waals surface area contributed by atoms with Gasteiger partial charge in [-0.3, -0.25) is 4.79 Å². The lowest BCUT2D eigenvalue weighted by Crippen LogP contribution is -2.24. The van der Waals surface area contributed by atoms with Crippen LogP contribution in [0.2, 0.25) is 0 Å². The lowest BCUT2D eigenvalue weighted by molar-refractivity contribution is 0.647. The van der Waals surface area contributed by atoms with Crippen molar-refractivity contribution in [2.24, 2.45) is 0 Å². The van der Waals surface area contributed by atoms with Gasteiger partial charge in [-0.25, -0.2) is 4.98 Å². The smallest absolute Gasteiger partial charge is 0.251 e. The molecule has 1 aliphatic rings. The Morgan fingerprint density at radius 2 is 2.22 bits per heavy atom. The van der Waals surface area contributed by atoms with Crippen LogP contribution in [0.5, 0.6) is 0 Å². The molecule has 1 aliphatic carbocycles. The normalized spacial score (nSPS) is 17.1. The van der Waals surface area contributed by atoms with E-state index in [-0.39, 0.29) is 11.5 Å². The Labute approximate surface area is 106 Å². The first-order valence-corrected chi connectivity index (χ1v) is 6.46. The molecule has 0 bridgehead atoms. The van der Waals surface area contributed by atoms with Gasteiger partial charge in [0, 0.05) is 17.7 Å². The topological polar surface area (TPSA) is 45.8 Å². The van der Waals surface area contributed by atoms with E-state index in [4.69, 9.17) is 0 Å². The molecule has 3 nitrogen and oxygen atoms in total. The van der Waals surface area contributed by atoms with Crippen molar-refractivity contribution in [2.75, 3.05) is 0 Å². The molecule has 92 valence electrons. The molecule has 18 heavy (non-hydrogen) atoms. The monoisotopic (exact) mass is 240 g/mol. The van der Waals surface area contributed by atoms with Gasteiger partial charge >= 0.3 is 0 Å². The summed E-state index contributed by atoms with van der Waals surface area (Å²) >= 11 is 0. The predicted molar refractivity (Wildman–Crippen MR) is 70.8 cm³/mol. The summed E-state index contributed by atoms with van der Waals surface area (Å²) in [5.41, 5.74) is 3.54. The average molecular weight is 240 g/mol. The lowest BCUT2D eigenvalue weighted by Gasteiger charge is -2.29. The van der Waals surface area contributed by atoms with Crippen molar-refractivity contribution in [3.8, 4) is 0 Å². The summed E-state index contributed by atoms with van der Waals surface area (Å²) in [4.78, 5) is 19.1. The van der Waals surface area contributed by atoms with Crippen molar-refractivity contribution in [3.63, 3.8) is 0 Å². The third kappa shape index (κ3) is 1.86. The van der Waals surface area contributed by atoms with Gasteiger partial charge in [-0.2, -0.15) is 0 Å². The zero-order valence-corrected chi connectivity index (χ0v) is 10.4. The van der Waals surface area contributed by atoms with E-state index in [1.165, 1.54) is 11.1 Å². The van der Waals surface area contributed by atoms with E-state index in [0.29, 0.717) is 0 Å². The van der Waals surface area contributed by atoms with Gasteiger partial charge in [-0.1, -0.05) is 37.6 Å². The molecule has 1 N–H and O–H groups in total. The van der Waals surface area contributed by atoms with E-state index in [1.54, 1.807) is 6.07 Å². The summed E-state index contributed by atoms with van der Waals surface area (Å²) in [5.74, 6) is 1.09. The van der Waals surface area contributed by atoms with E-state index < -0.39 is 0 Å². The minimum Gasteiger partial charge on any atom is -0.310 e. The summed E-state index contributed by atoms with van der Waals surface area (Å²) in [6.45, 7) is 2.10. The van der Waals surface area contributed by atoms with Crippen LogP contribution in [0, 0.1) is 0 Å². The summed E-state index contributed by atoms with van der Waals surface area (Å²) in [6, 6.07) is 9.96. The van der Waals surface area contributed by atoms with Crippen LogP contribution < -0.4 is 5.56 Å². The molecule has 0 spiro atoms. The minimum absolute atomic E-state index is 0.0344. The second kappa shape index (κ2) is 4.41. The molecule has 0 saturated heterocycles. The molecular weight excluding hydrogens is 224 g/mol. The molecule has 3 rings (SSSR count). The van der Waals surface area contributed by atoms with Crippen molar-refractivity contribution < 1.29 is 0 Å². The minimum atomic E-state index is -0.0344.